The van der Waals surface area contributed by atoms with E-state index in [9.17, 15) is 14.7 Å². The van der Waals surface area contributed by atoms with E-state index in [2.05, 4.69) is 10.2 Å². The fourth-order valence-corrected chi connectivity index (χ4v) is 5.81. The zero-order chi connectivity index (χ0) is 23.9. The van der Waals surface area contributed by atoms with Gasteiger partial charge in [-0.3, -0.25) is 14.5 Å². The molecule has 2 aromatic carbocycles. The number of benzene rings is 2. The lowest BCUT2D eigenvalue weighted by atomic mass is 9.78. The van der Waals surface area contributed by atoms with E-state index in [0.717, 1.165) is 24.9 Å². The van der Waals surface area contributed by atoms with Crippen LogP contribution >= 0.6 is 23.2 Å². The molecule has 0 radical (unpaired) electrons. The topological polar surface area (TPSA) is 82.1 Å². The van der Waals surface area contributed by atoms with Crippen molar-refractivity contribution in [2.24, 2.45) is 0 Å². The number of piperidine rings is 1. The number of likely N-dealkylation sites (tertiary alicyclic amines) is 2. The van der Waals surface area contributed by atoms with Gasteiger partial charge in [-0.05, 0) is 36.6 Å². The van der Waals surface area contributed by atoms with Gasteiger partial charge in [0.05, 0.1) is 35.3 Å². The van der Waals surface area contributed by atoms with Crippen molar-refractivity contribution in [3.05, 3.63) is 69.7 Å². The Bertz CT molecular complexity index is 1090. The number of amides is 2. The number of rotatable bonds is 5. The molecule has 0 spiro atoms. The molecular weight excluding hydrogens is 477 g/mol. The van der Waals surface area contributed by atoms with Gasteiger partial charge in [-0.15, -0.1) is 0 Å². The Labute approximate surface area is 208 Å². The number of hydrogen-bond donors (Lipinski definition) is 2. The lowest BCUT2D eigenvalue weighted by molar-refractivity contribution is -0.129. The summed E-state index contributed by atoms with van der Waals surface area (Å²) in [5.74, 6) is -0.507. The Morgan fingerprint density at radius 1 is 1.09 bits per heavy atom. The van der Waals surface area contributed by atoms with Crippen LogP contribution in [0.3, 0.4) is 0 Å². The highest BCUT2D eigenvalue weighted by Gasteiger charge is 2.58. The molecule has 0 aliphatic carbocycles. The van der Waals surface area contributed by atoms with Gasteiger partial charge < -0.3 is 20.1 Å². The summed E-state index contributed by atoms with van der Waals surface area (Å²) < 4.78 is 6.00. The molecule has 2 N–H and O–H groups in total. The second-order valence-electron chi connectivity index (χ2n) is 9.15. The van der Waals surface area contributed by atoms with Gasteiger partial charge in [0.25, 0.3) is 5.91 Å². The van der Waals surface area contributed by atoms with Crippen LogP contribution in [-0.2, 0) is 15.1 Å². The summed E-state index contributed by atoms with van der Waals surface area (Å²) >= 11 is 11.9. The highest BCUT2D eigenvalue weighted by molar-refractivity contribution is 6.42. The Hall–Kier alpha value is -2.16. The van der Waals surface area contributed by atoms with Gasteiger partial charge in [-0.2, -0.15) is 0 Å². The number of aliphatic hydroxyl groups is 1. The number of nitrogens with one attached hydrogen (secondary N) is 1. The molecular formula is C25H27Cl2N3O4. The van der Waals surface area contributed by atoms with Crippen LogP contribution in [0.2, 0.25) is 10.0 Å². The van der Waals surface area contributed by atoms with Crippen LogP contribution in [0.1, 0.15) is 28.8 Å². The van der Waals surface area contributed by atoms with Crippen LogP contribution in [0.25, 0.3) is 0 Å². The Morgan fingerprint density at radius 3 is 2.65 bits per heavy atom. The first kappa shape index (κ1) is 23.6. The largest absolute Gasteiger partial charge is 0.381 e. The monoisotopic (exact) mass is 503 g/mol. The molecule has 0 aromatic heterocycles. The minimum absolute atomic E-state index is 0.0889. The van der Waals surface area contributed by atoms with Gasteiger partial charge in [0.1, 0.15) is 5.60 Å². The number of carbonyl (C=O) groups excluding carboxylic acids is 2. The summed E-state index contributed by atoms with van der Waals surface area (Å²) in [4.78, 5) is 29.3. The summed E-state index contributed by atoms with van der Waals surface area (Å²) in [6.07, 6.45) is 1.34. The quantitative estimate of drug-likeness (QED) is 0.655. The van der Waals surface area contributed by atoms with Crippen molar-refractivity contribution in [2.75, 3.05) is 32.8 Å². The first-order chi connectivity index (χ1) is 16.4. The van der Waals surface area contributed by atoms with Crippen molar-refractivity contribution >= 4 is 35.0 Å². The maximum atomic E-state index is 12.8. The summed E-state index contributed by atoms with van der Waals surface area (Å²) in [5, 5.41) is 15.1. The highest BCUT2D eigenvalue weighted by Crippen LogP contribution is 2.45. The van der Waals surface area contributed by atoms with E-state index in [1.807, 2.05) is 30.3 Å². The molecule has 180 valence electrons. The van der Waals surface area contributed by atoms with Crippen molar-refractivity contribution in [3.8, 4) is 0 Å². The number of nitrogens with zero attached hydrogens (tertiary/aromatic N) is 2. The van der Waals surface area contributed by atoms with Gasteiger partial charge >= 0.3 is 0 Å². The van der Waals surface area contributed by atoms with Crippen LogP contribution in [-0.4, -0.2) is 77.7 Å². The van der Waals surface area contributed by atoms with Gasteiger partial charge in [0, 0.05) is 31.2 Å². The molecule has 1 unspecified atom stereocenters. The standard InChI is InChI=1S/C25H27Cl2N3O4/c26-19-7-6-16(12-20(19)27)24(32)28-13-23(31)29-10-8-18(14-29)30-11-9-22-25(33,21(30)15-34-22)17-4-2-1-3-5-17/h1-7,12,18,21-22,33H,8-11,13-15H2,(H,28,32)/t18?,21-,22+,25+/m1/s1. The van der Waals surface area contributed by atoms with Gasteiger partial charge in [-0.1, -0.05) is 53.5 Å². The van der Waals surface area contributed by atoms with Crippen LogP contribution in [0.15, 0.2) is 48.5 Å². The summed E-state index contributed by atoms with van der Waals surface area (Å²) in [7, 11) is 0. The zero-order valence-corrected chi connectivity index (χ0v) is 20.1. The summed E-state index contributed by atoms with van der Waals surface area (Å²) in [6.45, 7) is 2.39. The minimum Gasteiger partial charge on any atom is -0.381 e. The van der Waals surface area contributed by atoms with Gasteiger partial charge in [0.2, 0.25) is 5.91 Å². The number of carbonyl (C=O) groups is 2. The maximum Gasteiger partial charge on any atom is 0.251 e. The fourth-order valence-electron chi connectivity index (χ4n) is 5.52. The molecule has 3 aliphatic heterocycles. The van der Waals surface area contributed by atoms with Crippen molar-refractivity contribution in [3.63, 3.8) is 0 Å². The van der Waals surface area contributed by atoms with Crippen molar-refractivity contribution in [2.45, 2.75) is 36.6 Å². The average molecular weight is 504 g/mol. The molecule has 3 heterocycles. The second kappa shape index (κ2) is 9.47. The molecule has 34 heavy (non-hydrogen) atoms. The van der Waals surface area contributed by atoms with Crippen LogP contribution in [0.5, 0.6) is 0 Å². The predicted molar refractivity (Wildman–Crippen MR) is 129 cm³/mol. The van der Waals surface area contributed by atoms with Gasteiger partial charge in [-0.25, -0.2) is 0 Å². The summed E-state index contributed by atoms with van der Waals surface area (Å²) in [6, 6.07) is 14.3. The Balaban J connectivity index is 1.20. The Morgan fingerprint density at radius 2 is 1.88 bits per heavy atom. The van der Waals surface area contributed by atoms with E-state index in [1.165, 1.54) is 6.07 Å². The molecule has 3 saturated heterocycles. The highest BCUT2D eigenvalue weighted by atomic mass is 35.5. The number of ether oxygens (including phenoxy) is 1. The third-order valence-electron chi connectivity index (χ3n) is 7.31. The molecule has 9 heteroatoms. The maximum absolute atomic E-state index is 12.8. The van der Waals surface area contributed by atoms with Gasteiger partial charge in [0.15, 0.2) is 0 Å². The molecule has 3 aliphatic rings. The molecule has 7 nitrogen and oxygen atoms in total. The number of hydrogen-bond acceptors (Lipinski definition) is 5. The molecule has 0 saturated carbocycles. The Kier molecular flexibility index (Phi) is 6.57. The second-order valence-corrected chi connectivity index (χ2v) is 9.96. The van der Waals surface area contributed by atoms with E-state index in [4.69, 9.17) is 27.9 Å². The van der Waals surface area contributed by atoms with Crippen LogP contribution in [0.4, 0.5) is 0 Å². The van der Waals surface area contributed by atoms with Crippen LogP contribution in [0, 0.1) is 0 Å². The van der Waals surface area contributed by atoms with E-state index in [-0.39, 0.29) is 41.6 Å². The summed E-state index contributed by atoms with van der Waals surface area (Å²) in [5.41, 5.74) is 0.180. The third-order valence-corrected chi connectivity index (χ3v) is 8.05. The zero-order valence-electron chi connectivity index (χ0n) is 18.6. The van der Waals surface area contributed by atoms with E-state index in [1.54, 1.807) is 17.0 Å². The predicted octanol–water partition coefficient (Wildman–Crippen LogP) is 2.69. The molecule has 2 aromatic rings. The van der Waals surface area contributed by atoms with E-state index in [0.29, 0.717) is 30.3 Å². The lowest BCUT2D eigenvalue weighted by Gasteiger charge is -2.46. The van der Waals surface area contributed by atoms with E-state index < -0.39 is 5.60 Å². The fraction of sp³-hybridized carbons (Fsp3) is 0.440. The molecule has 3 fully saturated rings. The lowest BCUT2D eigenvalue weighted by Crippen LogP contribution is -2.60. The first-order valence-electron chi connectivity index (χ1n) is 11.5. The van der Waals surface area contributed by atoms with Crippen LogP contribution < -0.4 is 5.32 Å². The van der Waals surface area contributed by atoms with E-state index >= 15 is 0 Å². The molecule has 2 amide bonds. The van der Waals surface area contributed by atoms with Crippen molar-refractivity contribution in [1.29, 1.82) is 0 Å². The third kappa shape index (κ3) is 4.20. The smallest absolute Gasteiger partial charge is 0.251 e. The molecule has 2 bridgehead atoms. The first-order valence-corrected chi connectivity index (χ1v) is 12.3. The molecule has 4 atom stereocenters. The normalized spacial score (nSPS) is 28.8. The number of fused-ring (bicyclic) bond motifs is 2. The molecule has 5 rings (SSSR count). The number of halogens is 2. The average Bonchev–Trinajstić information content (AvgIpc) is 3.39. The van der Waals surface area contributed by atoms with Crippen molar-refractivity contribution in [1.82, 2.24) is 15.1 Å². The SMILES string of the molecule is O=C(NCC(=O)N1CCC(N2CC[C@@H]3OC[C@@H]2[C@@]3(O)c2ccccc2)C1)c1ccc(Cl)c(Cl)c1. The minimum atomic E-state index is -1.05. The van der Waals surface area contributed by atoms with Crippen molar-refractivity contribution < 1.29 is 19.4 Å².